The molecule has 1 aliphatic rings. The molecule has 0 saturated carbocycles. The standard InChI is InChI=1S/C15H19FN2O3/c1-9(14(19)20)8-18(2)15(21)17-13-7-6-10-11(13)4-3-5-12(10)16/h3-5,9,13H,6-8H2,1-2H3,(H,17,21)(H,19,20). The second-order valence-corrected chi connectivity index (χ2v) is 5.47. The Balaban J connectivity index is 1.99. The molecule has 6 heteroatoms. The van der Waals surface area contributed by atoms with Gasteiger partial charge in [0.2, 0.25) is 0 Å². The average molecular weight is 294 g/mol. The molecule has 0 saturated heterocycles. The van der Waals surface area contributed by atoms with E-state index in [4.69, 9.17) is 5.11 Å². The molecule has 5 nitrogen and oxygen atoms in total. The molecule has 0 spiro atoms. The highest BCUT2D eigenvalue weighted by atomic mass is 19.1. The molecule has 0 aromatic heterocycles. The lowest BCUT2D eigenvalue weighted by Gasteiger charge is -2.23. The van der Waals surface area contributed by atoms with Gasteiger partial charge in [0.15, 0.2) is 0 Å². The van der Waals surface area contributed by atoms with E-state index in [0.717, 1.165) is 5.56 Å². The molecule has 1 aromatic carbocycles. The van der Waals surface area contributed by atoms with E-state index in [2.05, 4.69) is 5.32 Å². The SMILES string of the molecule is CC(CN(C)C(=O)NC1CCc2c(F)cccc21)C(=O)O. The van der Waals surface area contributed by atoms with Gasteiger partial charge in [0, 0.05) is 13.6 Å². The van der Waals surface area contributed by atoms with Gasteiger partial charge in [0.25, 0.3) is 0 Å². The molecule has 0 fully saturated rings. The molecule has 1 aliphatic carbocycles. The number of benzene rings is 1. The van der Waals surface area contributed by atoms with Crippen molar-refractivity contribution in [1.29, 1.82) is 0 Å². The van der Waals surface area contributed by atoms with E-state index in [-0.39, 0.29) is 24.4 Å². The van der Waals surface area contributed by atoms with Gasteiger partial charge in [-0.05, 0) is 30.0 Å². The largest absolute Gasteiger partial charge is 0.481 e. The number of rotatable bonds is 4. The van der Waals surface area contributed by atoms with Crippen LogP contribution < -0.4 is 5.32 Å². The molecule has 114 valence electrons. The van der Waals surface area contributed by atoms with E-state index < -0.39 is 11.9 Å². The summed E-state index contributed by atoms with van der Waals surface area (Å²) in [5.74, 6) is -1.81. The summed E-state index contributed by atoms with van der Waals surface area (Å²) >= 11 is 0. The Morgan fingerprint density at radius 1 is 1.52 bits per heavy atom. The lowest BCUT2D eigenvalue weighted by Crippen LogP contribution is -2.41. The van der Waals surface area contributed by atoms with Crippen molar-refractivity contribution in [3.63, 3.8) is 0 Å². The molecule has 2 atom stereocenters. The number of halogens is 1. The molecule has 0 heterocycles. The highest BCUT2D eigenvalue weighted by Gasteiger charge is 2.27. The number of aliphatic carboxylic acids is 1. The molecule has 1 aromatic rings. The van der Waals surface area contributed by atoms with Crippen LogP contribution in [0.5, 0.6) is 0 Å². The van der Waals surface area contributed by atoms with Crippen molar-refractivity contribution in [2.24, 2.45) is 5.92 Å². The molecule has 2 rings (SSSR count). The summed E-state index contributed by atoms with van der Waals surface area (Å²) in [6.07, 6.45) is 1.26. The van der Waals surface area contributed by atoms with Crippen molar-refractivity contribution in [3.05, 3.63) is 35.1 Å². The maximum atomic E-state index is 13.6. The normalized spacial score (nSPS) is 18.0. The number of amides is 2. The summed E-state index contributed by atoms with van der Waals surface area (Å²) in [5.41, 5.74) is 1.47. The summed E-state index contributed by atoms with van der Waals surface area (Å²) in [6.45, 7) is 1.68. The van der Waals surface area contributed by atoms with Crippen LogP contribution in [0.2, 0.25) is 0 Å². The quantitative estimate of drug-likeness (QED) is 0.894. The molecule has 0 bridgehead atoms. The van der Waals surface area contributed by atoms with Crippen molar-refractivity contribution < 1.29 is 19.1 Å². The molecular weight excluding hydrogens is 275 g/mol. The van der Waals surface area contributed by atoms with Crippen LogP contribution in [-0.4, -0.2) is 35.6 Å². The third-order valence-corrected chi connectivity index (χ3v) is 3.83. The van der Waals surface area contributed by atoms with Gasteiger partial charge in [-0.3, -0.25) is 4.79 Å². The minimum atomic E-state index is -0.942. The Morgan fingerprint density at radius 2 is 2.24 bits per heavy atom. The first-order valence-electron chi connectivity index (χ1n) is 6.92. The Hall–Kier alpha value is -2.11. The second-order valence-electron chi connectivity index (χ2n) is 5.47. The van der Waals surface area contributed by atoms with E-state index >= 15 is 0 Å². The first-order chi connectivity index (χ1) is 9.90. The molecule has 2 amide bonds. The number of nitrogens with one attached hydrogen (secondary N) is 1. The first-order valence-corrected chi connectivity index (χ1v) is 6.92. The topological polar surface area (TPSA) is 69.6 Å². The smallest absolute Gasteiger partial charge is 0.317 e. The number of carbonyl (C=O) groups is 2. The van der Waals surface area contributed by atoms with Gasteiger partial charge in [-0.1, -0.05) is 19.1 Å². The summed E-state index contributed by atoms with van der Waals surface area (Å²) < 4.78 is 13.6. The third kappa shape index (κ3) is 3.32. The van der Waals surface area contributed by atoms with Gasteiger partial charge in [-0.2, -0.15) is 0 Å². The van der Waals surface area contributed by atoms with Crippen LogP contribution in [-0.2, 0) is 11.2 Å². The van der Waals surface area contributed by atoms with Crippen LogP contribution in [0.1, 0.15) is 30.5 Å². The van der Waals surface area contributed by atoms with Gasteiger partial charge in [-0.15, -0.1) is 0 Å². The number of fused-ring (bicyclic) bond motifs is 1. The van der Waals surface area contributed by atoms with E-state index in [0.29, 0.717) is 18.4 Å². The summed E-state index contributed by atoms with van der Waals surface area (Å²) in [7, 11) is 1.55. The molecular formula is C15H19FN2O3. The Morgan fingerprint density at radius 3 is 2.90 bits per heavy atom. The van der Waals surface area contributed by atoms with Gasteiger partial charge in [-0.25, -0.2) is 9.18 Å². The van der Waals surface area contributed by atoms with E-state index in [1.54, 1.807) is 20.0 Å². The maximum Gasteiger partial charge on any atom is 0.317 e. The predicted octanol–water partition coefficient (Wildman–Crippen LogP) is 2.18. The zero-order valence-electron chi connectivity index (χ0n) is 12.1. The minimum Gasteiger partial charge on any atom is -0.481 e. The fourth-order valence-corrected chi connectivity index (χ4v) is 2.59. The zero-order valence-corrected chi connectivity index (χ0v) is 12.1. The third-order valence-electron chi connectivity index (χ3n) is 3.83. The van der Waals surface area contributed by atoms with Crippen molar-refractivity contribution in [1.82, 2.24) is 10.2 Å². The molecule has 21 heavy (non-hydrogen) atoms. The zero-order chi connectivity index (χ0) is 15.6. The minimum absolute atomic E-state index is 0.129. The number of hydrogen-bond acceptors (Lipinski definition) is 2. The molecule has 0 radical (unpaired) electrons. The monoisotopic (exact) mass is 294 g/mol. The first kappa shape index (κ1) is 15.3. The maximum absolute atomic E-state index is 13.6. The van der Waals surface area contributed by atoms with Crippen molar-refractivity contribution in [2.75, 3.05) is 13.6 Å². The molecule has 0 aliphatic heterocycles. The highest BCUT2D eigenvalue weighted by molar-refractivity contribution is 5.76. The number of carboxylic acids is 1. The van der Waals surface area contributed by atoms with E-state index in [1.807, 2.05) is 6.07 Å². The van der Waals surface area contributed by atoms with Crippen molar-refractivity contribution in [2.45, 2.75) is 25.8 Å². The van der Waals surface area contributed by atoms with Crippen LogP contribution in [0.25, 0.3) is 0 Å². The van der Waals surface area contributed by atoms with E-state index in [1.165, 1.54) is 11.0 Å². The summed E-state index contributed by atoms with van der Waals surface area (Å²) in [6, 6.07) is 4.31. The fourth-order valence-electron chi connectivity index (χ4n) is 2.59. The van der Waals surface area contributed by atoms with E-state index in [9.17, 15) is 14.0 Å². The van der Waals surface area contributed by atoms with Crippen molar-refractivity contribution >= 4 is 12.0 Å². The second kappa shape index (κ2) is 6.11. The number of carbonyl (C=O) groups excluding carboxylic acids is 1. The number of carboxylic acid groups (broad SMARTS) is 1. The van der Waals surface area contributed by atoms with Crippen LogP contribution in [0.15, 0.2) is 18.2 Å². The highest BCUT2D eigenvalue weighted by Crippen LogP contribution is 2.32. The Kier molecular flexibility index (Phi) is 4.45. The van der Waals surface area contributed by atoms with Gasteiger partial charge in [0.1, 0.15) is 5.82 Å². The van der Waals surface area contributed by atoms with Crippen molar-refractivity contribution in [3.8, 4) is 0 Å². The summed E-state index contributed by atoms with van der Waals surface area (Å²) in [4.78, 5) is 24.2. The Labute approximate surface area is 122 Å². The van der Waals surface area contributed by atoms with Crippen LogP contribution in [0.3, 0.4) is 0 Å². The van der Waals surface area contributed by atoms with Gasteiger partial charge >= 0.3 is 12.0 Å². The number of hydrogen-bond donors (Lipinski definition) is 2. The van der Waals surface area contributed by atoms with Crippen LogP contribution >= 0.6 is 0 Å². The predicted molar refractivity (Wildman–Crippen MR) is 75.4 cm³/mol. The molecule has 2 N–H and O–H groups in total. The molecule has 2 unspecified atom stereocenters. The number of urea groups is 1. The average Bonchev–Trinajstić information content (AvgIpc) is 2.83. The van der Waals surface area contributed by atoms with Gasteiger partial charge < -0.3 is 15.3 Å². The van der Waals surface area contributed by atoms with Gasteiger partial charge in [0.05, 0.1) is 12.0 Å². The number of nitrogens with zero attached hydrogens (tertiary/aromatic N) is 1. The van der Waals surface area contributed by atoms with Crippen LogP contribution in [0.4, 0.5) is 9.18 Å². The van der Waals surface area contributed by atoms with Crippen LogP contribution in [0, 0.1) is 11.7 Å². The lowest BCUT2D eigenvalue weighted by atomic mass is 10.1. The summed E-state index contributed by atoms with van der Waals surface area (Å²) in [5, 5.41) is 11.7. The lowest BCUT2D eigenvalue weighted by molar-refractivity contribution is -0.141. The Bertz CT molecular complexity index is 562. The fraction of sp³-hybridized carbons (Fsp3) is 0.467.